The van der Waals surface area contributed by atoms with Crippen LogP contribution in [-0.2, 0) is 17.7 Å². The number of allylic oxidation sites excluding steroid dienone is 2. The van der Waals surface area contributed by atoms with Crippen LogP contribution in [0.1, 0.15) is 35.5 Å². The Bertz CT molecular complexity index is 1730. The smallest absolute Gasteiger partial charge is 0.415 e. The van der Waals surface area contributed by atoms with Gasteiger partial charge in [0.25, 0.3) is 0 Å². The van der Waals surface area contributed by atoms with Crippen molar-refractivity contribution in [2.75, 3.05) is 13.2 Å². The third-order valence-electron chi connectivity index (χ3n) is 7.69. The molecule has 4 aromatic rings. The third kappa shape index (κ3) is 5.52. The molecule has 2 aliphatic rings. The number of rotatable bonds is 6. The Morgan fingerprint density at radius 3 is 2.76 bits per heavy atom. The number of ether oxygens (including phenoxy) is 2. The van der Waals surface area contributed by atoms with Crippen molar-refractivity contribution < 1.29 is 19.4 Å². The summed E-state index contributed by atoms with van der Waals surface area (Å²) in [6, 6.07) is 11.7. The quantitative estimate of drug-likeness (QED) is 0.229. The van der Waals surface area contributed by atoms with E-state index in [1.54, 1.807) is 17.0 Å². The van der Waals surface area contributed by atoms with E-state index >= 15 is 0 Å². The molecule has 0 saturated carbocycles. The molecule has 2 unspecified atom stereocenters. The second-order valence-electron chi connectivity index (χ2n) is 10.5. The number of halogens is 1. The number of carbonyl (C=O) groups excluding carboxylic acids is 1. The van der Waals surface area contributed by atoms with Gasteiger partial charge in [0.05, 0.1) is 12.6 Å². The highest BCUT2D eigenvalue weighted by Gasteiger charge is 2.39. The first-order valence-corrected chi connectivity index (χ1v) is 14.8. The summed E-state index contributed by atoms with van der Waals surface area (Å²) in [5, 5.41) is 19.5. The minimum Gasteiger partial charge on any atom is -0.508 e. The van der Waals surface area contributed by atoms with Gasteiger partial charge >= 0.3 is 6.09 Å². The molecule has 6 rings (SSSR count). The SMILES string of the molecule is CC1=CC(C2c3[nH]c4ccc(Cl)cc4c3CCN2C(=O)Oc2ccc(O)cc2)CC=C1OCCn1cc(C)sc1=N. The molecule has 1 amide bonds. The topological polar surface area (TPSA) is 104 Å². The highest BCUT2D eigenvalue weighted by molar-refractivity contribution is 7.09. The fourth-order valence-electron chi connectivity index (χ4n) is 5.82. The van der Waals surface area contributed by atoms with Gasteiger partial charge < -0.3 is 24.1 Å². The summed E-state index contributed by atoms with van der Waals surface area (Å²) in [4.78, 5) is 20.6. The predicted octanol–water partition coefficient (Wildman–Crippen LogP) is 6.84. The summed E-state index contributed by atoms with van der Waals surface area (Å²) in [6.07, 6.45) is 7.19. The van der Waals surface area contributed by atoms with Gasteiger partial charge in [0.1, 0.15) is 23.9 Å². The van der Waals surface area contributed by atoms with E-state index in [-0.39, 0.29) is 17.7 Å². The summed E-state index contributed by atoms with van der Waals surface area (Å²) in [7, 11) is 0. The summed E-state index contributed by atoms with van der Waals surface area (Å²) >= 11 is 7.81. The van der Waals surface area contributed by atoms with Gasteiger partial charge in [-0.05, 0) is 86.4 Å². The maximum atomic E-state index is 13.6. The van der Waals surface area contributed by atoms with Crippen LogP contribution in [0.25, 0.3) is 10.9 Å². The van der Waals surface area contributed by atoms with Crippen molar-refractivity contribution in [2.24, 2.45) is 5.92 Å². The predicted molar refractivity (Wildman–Crippen MR) is 159 cm³/mol. The number of amides is 1. The molecule has 2 aromatic carbocycles. The van der Waals surface area contributed by atoms with Crippen molar-refractivity contribution in [3.63, 3.8) is 0 Å². The number of hydrogen-bond donors (Lipinski definition) is 3. The lowest BCUT2D eigenvalue weighted by molar-refractivity contribution is 0.110. The molecular weight excluding hydrogens is 560 g/mol. The number of benzene rings is 2. The van der Waals surface area contributed by atoms with E-state index in [4.69, 9.17) is 26.5 Å². The number of phenolic OH excluding ortho intramolecular Hbond substituents is 1. The van der Waals surface area contributed by atoms with Crippen molar-refractivity contribution in [2.45, 2.75) is 39.3 Å². The number of phenols is 1. The number of carbonyl (C=O) groups is 1. The van der Waals surface area contributed by atoms with Gasteiger partial charge in [0, 0.05) is 45.2 Å². The number of nitrogens with one attached hydrogen (secondary N) is 2. The lowest BCUT2D eigenvalue weighted by atomic mass is 9.83. The first-order chi connectivity index (χ1) is 19.8. The zero-order chi connectivity index (χ0) is 28.7. The zero-order valence-electron chi connectivity index (χ0n) is 22.8. The second kappa shape index (κ2) is 11.1. The van der Waals surface area contributed by atoms with Crippen LogP contribution < -0.4 is 9.54 Å². The molecule has 3 N–H and O–H groups in total. The monoisotopic (exact) mass is 590 g/mol. The highest BCUT2D eigenvalue weighted by Crippen LogP contribution is 2.43. The zero-order valence-corrected chi connectivity index (χ0v) is 24.4. The summed E-state index contributed by atoms with van der Waals surface area (Å²) in [5.74, 6) is 1.31. The van der Waals surface area contributed by atoms with Gasteiger partial charge in [-0.15, -0.1) is 11.3 Å². The number of aromatic amines is 1. The van der Waals surface area contributed by atoms with Crippen LogP contribution in [-0.4, -0.2) is 38.8 Å². The molecule has 0 fully saturated rings. The molecule has 8 nitrogen and oxygen atoms in total. The summed E-state index contributed by atoms with van der Waals surface area (Å²) in [6.45, 7) is 5.60. The van der Waals surface area contributed by atoms with E-state index in [1.807, 2.05) is 42.8 Å². The standard InChI is InChI=1S/C31H31ClN4O4S/c1-18-15-20(3-10-27(18)39-14-13-35-17-19(2)41-30(35)33)29-28-24(25-16-21(32)4-9-26(25)34-28)11-12-36(29)31(38)40-23-7-5-22(37)6-8-23/h4-10,15-17,20,29,33-34,37H,3,11-14H2,1-2H3. The number of aromatic hydroxyl groups is 1. The van der Waals surface area contributed by atoms with Crippen LogP contribution in [0.5, 0.6) is 11.5 Å². The van der Waals surface area contributed by atoms with Crippen LogP contribution in [0.4, 0.5) is 4.79 Å². The third-order valence-corrected chi connectivity index (χ3v) is 8.78. The Balaban J connectivity index is 1.26. The molecule has 1 aliphatic heterocycles. The number of aromatic nitrogens is 2. The molecule has 0 saturated heterocycles. The molecule has 2 aromatic heterocycles. The number of fused-ring (bicyclic) bond motifs is 3. The Kier molecular flexibility index (Phi) is 7.40. The van der Waals surface area contributed by atoms with Crippen LogP contribution in [0, 0.1) is 18.3 Å². The lowest BCUT2D eigenvalue weighted by Gasteiger charge is -2.39. The minimum absolute atomic E-state index is 0.00829. The maximum Gasteiger partial charge on any atom is 0.415 e. The van der Waals surface area contributed by atoms with E-state index in [0.717, 1.165) is 32.8 Å². The Morgan fingerprint density at radius 2 is 2.02 bits per heavy atom. The van der Waals surface area contributed by atoms with Crippen molar-refractivity contribution in [3.8, 4) is 11.5 Å². The van der Waals surface area contributed by atoms with Gasteiger partial charge in [-0.25, -0.2) is 4.79 Å². The summed E-state index contributed by atoms with van der Waals surface area (Å²) in [5.41, 5.74) is 4.17. The molecule has 1 aliphatic carbocycles. The largest absolute Gasteiger partial charge is 0.508 e. The van der Waals surface area contributed by atoms with Crippen molar-refractivity contribution >= 4 is 39.9 Å². The normalized spacial score (nSPS) is 18.6. The number of thiazole rings is 1. The Labute approximate surface area is 246 Å². The van der Waals surface area contributed by atoms with E-state index in [9.17, 15) is 9.90 Å². The Morgan fingerprint density at radius 1 is 1.22 bits per heavy atom. The van der Waals surface area contributed by atoms with Gasteiger partial charge in [-0.3, -0.25) is 10.3 Å². The summed E-state index contributed by atoms with van der Waals surface area (Å²) < 4.78 is 13.8. The van der Waals surface area contributed by atoms with Gasteiger partial charge in [-0.1, -0.05) is 17.7 Å². The van der Waals surface area contributed by atoms with Crippen LogP contribution in [0.2, 0.25) is 5.02 Å². The second-order valence-corrected chi connectivity index (χ2v) is 12.1. The molecule has 212 valence electrons. The van der Waals surface area contributed by atoms with Crippen LogP contribution >= 0.6 is 22.9 Å². The number of aryl methyl sites for hydroxylation is 1. The molecule has 2 atom stereocenters. The van der Waals surface area contributed by atoms with Crippen molar-refractivity contribution in [3.05, 3.63) is 98.1 Å². The van der Waals surface area contributed by atoms with E-state index in [0.29, 0.717) is 48.1 Å². The average molecular weight is 591 g/mol. The molecule has 0 radical (unpaired) electrons. The fourth-order valence-corrected chi connectivity index (χ4v) is 6.74. The van der Waals surface area contributed by atoms with Crippen LogP contribution in [0.15, 0.2) is 72.1 Å². The van der Waals surface area contributed by atoms with Crippen molar-refractivity contribution in [1.82, 2.24) is 14.5 Å². The van der Waals surface area contributed by atoms with E-state index < -0.39 is 6.09 Å². The molecule has 0 bridgehead atoms. The molecule has 0 spiro atoms. The number of hydrogen-bond acceptors (Lipinski definition) is 6. The van der Waals surface area contributed by atoms with Gasteiger partial charge in [-0.2, -0.15) is 0 Å². The fraction of sp³-hybridized carbons (Fsp3) is 0.290. The Hall–Kier alpha value is -3.95. The van der Waals surface area contributed by atoms with E-state index in [1.165, 1.54) is 29.0 Å². The highest BCUT2D eigenvalue weighted by atomic mass is 35.5. The molecule has 10 heteroatoms. The van der Waals surface area contributed by atoms with Gasteiger partial charge in [0.2, 0.25) is 0 Å². The number of nitrogens with zero attached hydrogens (tertiary/aromatic N) is 2. The van der Waals surface area contributed by atoms with E-state index in [2.05, 4.69) is 17.1 Å². The average Bonchev–Trinajstić information content (AvgIpc) is 3.48. The first kappa shape index (κ1) is 27.2. The molecule has 3 heterocycles. The lowest BCUT2D eigenvalue weighted by Crippen LogP contribution is -2.44. The van der Waals surface area contributed by atoms with Gasteiger partial charge in [0.15, 0.2) is 4.80 Å². The van der Waals surface area contributed by atoms with Crippen molar-refractivity contribution in [1.29, 1.82) is 5.41 Å². The maximum absolute atomic E-state index is 13.6. The number of H-pyrrole nitrogens is 1. The first-order valence-electron chi connectivity index (χ1n) is 13.6. The van der Waals surface area contributed by atoms with Crippen LogP contribution in [0.3, 0.4) is 0 Å². The molecule has 41 heavy (non-hydrogen) atoms. The minimum atomic E-state index is -0.436. The molecular formula is C31H31ClN4O4S.